The molecule has 1 aliphatic rings. The zero-order chi connectivity index (χ0) is 10.7. The fraction of sp³-hybridized carbons (Fsp3) is 0.727. The van der Waals surface area contributed by atoms with E-state index in [9.17, 15) is 5.11 Å². The molecule has 0 bridgehead atoms. The lowest BCUT2D eigenvalue weighted by atomic mass is 9.92. The molecule has 4 heteroatoms. The van der Waals surface area contributed by atoms with Gasteiger partial charge in [0.2, 0.25) is 0 Å². The van der Waals surface area contributed by atoms with E-state index in [0.29, 0.717) is 0 Å². The van der Waals surface area contributed by atoms with Gasteiger partial charge in [-0.1, -0.05) is 12.8 Å². The molecule has 1 aromatic heterocycles. The Balaban J connectivity index is 1.81. The fourth-order valence-corrected chi connectivity index (χ4v) is 2.69. The molecule has 0 saturated heterocycles. The van der Waals surface area contributed by atoms with Crippen LogP contribution in [0.15, 0.2) is 5.38 Å². The number of hydrogen-bond acceptors (Lipinski definition) is 4. The molecule has 0 aliphatic heterocycles. The number of aromatic nitrogens is 1. The number of aliphatic hydroxyl groups excluding tert-OH is 1. The molecule has 0 spiro atoms. The zero-order valence-corrected chi connectivity index (χ0v) is 9.89. The van der Waals surface area contributed by atoms with E-state index in [1.54, 1.807) is 11.3 Å². The van der Waals surface area contributed by atoms with E-state index >= 15 is 0 Å². The van der Waals surface area contributed by atoms with Gasteiger partial charge in [0.1, 0.15) is 0 Å². The van der Waals surface area contributed by atoms with Crippen LogP contribution < -0.4 is 5.32 Å². The predicted octanol–water partition coefficient (Wildman–Crippen LogP) is 1.84. The molecule has 2 N–H and O–H groups in total. The first-order valence-electron chi connectivity index (χ1n) is 5.58. The summed E-state index contributed by atoms with van der Waals surface area (Å²) in [5.41, 5.74) is 1.09. The van der Waals surface area contributed by atoms with Crippen molar-refractivity contribution in [1.82, 2.24) is 10.3 Å². The highest BCUT2D eigenvalue weighted by molar-refractivity contribution is 7.09. The van der Waals surface area contributed by atoms with Crippen LogP contribution in [0.1, 0.15) is 36.4 Å². The number of nitrogens with one attached hydrogen (secondary N) is 1. The summed E-state index contributed by atoms with van der Waals surface area (Å²) >= 11 is 1.68. The minimum absolute atomic E-state index is 0.168. The number of aliphatic hydroxyl groups is 1. The van der Waals surface area contributed by atoms with Gasteiger partial charge >= 0.3 is 0 Å². The minimum Gasteiger partial charge on any atom is -0.392 e. The van der Waals surface area contributed by atoms with Gasteiger partial charge < -0.3 is 10.4 Å². The second kappa shape index (κ2) is 5.05. The Kier molecular flexibility index (Phi) is 3.72. The zero-order valence-electron chi connectivity index (χ0n) is 9.07. The summed E-state index contributed by atoms with van der Waals surface area (Å²) in [6, 6.07) is 0.265. The van der Waals surface area contributed by atoms with Crippen molar-refractivity contribution in [2.75, 3.05) is 0 Å². The number of thiazole rings is 1. The monoisotopic (exact) mass is 226 g/mol. The molecule has 0 radical (unpaired) electrons. The number of aryl methyl sites for hydroxylation is 1. The van der Waals surface area contributed by atoms with Crippen LogP contribution in [0, 0.1) is 6.92 Å². The lowest BCUT2D eigenvalue weighted by Gasteiger charge is -2.28. The molecular weight excluding hydrogens is 208 g/mol. The summed E-state index contributed by atoms with van der Waals surface area (Å²) in [5.74, 6) is 0. The second-order valence-corrected chi connectivity index (χ2v) is 5.26. The topological polar surface area (TPSA) is 45.2 Å². The van der Waals surface area contributed by atoms with Crippen molar-refractivity contribution >= 4 is 11.3 Å². The van der Waals surface area contributed by atoms with Crippen molar-refractivity contribution in [1.29, 1.82) is 0 Å². The van der Waals surface area contributed by atoms with E-state index in [-0.39, 0.29) is 12.1 Å². The molecule has 0 aromatic carbocycles. The van der Waals surface area contributed by atoms with Crippen LogP contribution >= 0.6 is 11.3 Å². The molecule has 3 nitrogen and oxygen atoms in total. The maximum Gasteiger partial charge on any atom is 0.0897 e. The summed E-state index contributed by atoms with van der Waals surface area (Å²) < 4.78 is 0. The van der Waals surface area contributed by atoms with Gasteiger partial charge in [-0.05, 0) is 19.8 Å². The lowest BCUT2D eigenvalue weighted by Crippen LogP contribution is -2.41. The SMILES string of the molecule is Cc1nc(CNC2CCCCC2O)cs1. The standard InChI is InChI=1S/C11H18N2OS/c1-8-13-9(7-15-8)6-12-10-4-2-3-5-11(10)14/h7,10-12,14H,2-6H2,1H3. The number of hydrogen-bond donors (Lipinski definition) is 2. The molecule has 1 fully saturated rings. The van der Waals surface area contributed by atoms with E-state index in [0.717, 1.165) is 36.5 Å². The molecule has 1 aliphatic carbocycles. The van der Waals surface area contributed by atoms with Crippen LogP contribution in [0.5, 0.6) is 0 Å². The predicted molar refractivity (Wildman–Crippen MR) is 62.0 cm³/mol. The van der Waals surface area contributed by atoms with Gasteiger partial charge in [0.05, 0.1) is 16.8 Å². The third-order valence-electron chi connectivity index (χ3n) is 2.94. The van der Waals surface area contributed by atoms with Crippen LogP contribution in [0.4, 0.5) is 0 Å². The Morgan fingerprint density at radius 2 is 2.33 bits per heavy atom. The van der Waals surface area contributed by atoms with Gasteiger partial charge in [0.15, 0.2) is 0 Å². The summed E-state index contributed by atoms with van der Waals surface area (Å²) in [6.45, 7) is 2.80. The Hall–Kier alpha value is -0.450. The van der Waals surface area contributed by atoms with E-state index in [4.69, 9.17) is 0 Å². The molecule has 84 valence electrons. The average molecular weight is 226 g/mol. The average Bonchev–Trinajstić information content (AvgIpc) is 2.63. The lowest BCUT2D eigenvalue weighted by molar-refractivity contribution is 0.0901. The normalized spacial score (nSPS) is 26.8. The van der Waals surface area contributed by atoms with Gasteiger partial charge in [0, 0.05) is 18.0 Å². The van der Waals surface area contributed by atoms with Gasteiger partial charge in [-0.15, -0.1) is 11.3 Å². The first-order valence-corrected chi connectivity index (χ1v) is 6.46. The maximum absolute atomic E-state index is 9.77. The Morgan fingerprint density at radius 1 is 1.53 bits per heavy atom. The summed E-state index contributed by atoms with van der Waals surface area (Å²) in [6.07, 6.45) is 4.25. The smallest absolute Gasteiger partial charge is 0.0897 e. The summed E-state index contributed by atoms with van der Waals surface area (Å²) in [5, 5.41) is 16.4. The minimum atomic E-state index is -0.168. The van der Waals surface area contributed by atoms with Gasteiger partial charge in [-0.2, -0.15) is 0 Å². The van der Waals surface area contributed by atoms with Crippen LogP contribution in [0.25, 0.3) is 0 Å². The third-order valence-corrected chi connectivity index (χ3v) is 3.76. The quantitative estimate of drug-likeness (QED) is 0.826. The maximum atomic E-state index is 9.77. The van der Waals surface area contributed by atoms with E-state index in [2.05, 4.69) is 15.7 Å². The van der Waals surface area contributed by atoms with Crippen molar-refractivity contribution in [2.45, 2.75) is 51.3 Å². The highest BCUT2D eigenvalue weighted by atomic mass is 32.1. The highest BCUT2D eigenvalue weighted by Gasteiger charge is 2.22. The summed E-state index contributed by atoms with van der Waals surface area (Å²) in [7, 11) is 0. The largest absolute Gasteiger partial charge is 0.392 e. The van der Waals surface area contributed by atoms with Crippen LogP contribution in [0.3, 0.4) is 0 Å². The molecule has 2 rings (SSSR count). The molecule has 1 aromatic rings. The van der Waals surface area contributed by atoms with E-state index < -0.39 is 0 Å². The number of rotatable bonds is 3. The van der Waals surface area contributed by atoms with Crippen molar-refractivity contribution in [3.8, 4) is 0 Å². The summed E-state index contributed by atoms with van der Waals surface area (Å²) in [4.78, 5) is 4.39. The van der Waals surface area contributed by atoms with Crippen LogP contribution in [-0.2, 0) is 6.54 Å². The second-order valence-electron chi connectivity index (χ2n) is 4.20. The first kappa shape index (κ1) is 11.0. The molecule has 2 unspecified atom stereocenters. The third kappa shape index (κ3) is 3.00. The van der Waals surface area contributed by atoms with Crippen molar-refractivity contribution < 1.29 is 5.11 Å². The van der Waals surface area contributed by atoms with Crippen LogP contribution in [0.2, 0.25) is 0 Å². The molecule has 15 heavy (non-hydrogen) atoms. The van der Waals surface area contributed by atoms with Crippen molar-refractivity contribution in [3.63, 3.8) is 0 Å². The molecule has 1 heterocycles. The molecule has 1 saturated carbocycles. The molecule has 0 amide bonds. The van der Waals surface area contributed by atoms with Crippen molar-refractivity contribution in [2.24, 2.45) is 0 Å². The molecule has 2 atom stereocenters. The Bertz CT molecular complexity index is 313. The van der Waals surface area contributed by atoms with E-state index in [1.807, 2.05) is 6.92 Å². The number of nitrogens with zero attached hydrogens (tertiary/aromatic N) is 1. The van der Waals surface area contributed by atoms with Gasteiger partial charge in [-0.25, -0.2) is 4.98 Å². The Labute approximate surface area is 94.5 Å². The van der Waals surface area contributed by atoms with Gasteiger partial charge in [0.25, 0.3) is 0 Å². The first-order chi connectivity index (χ1) is 7.25. The Morgan fingerprint density at radius 3 is 3.00 bits per heavy atom. The van der Waals surface area contributed by atoms with E-state index in [1.165, 1.54) is 6.42 Å². The molecular formula is C11H18N2OS. The fourth-order valence-electron chi connectivity index (χ4n) is 2.07. The van der Waals surface area contributed by atoms with Crippen LogP contribution in [-0.4, -0.2) is 22.2 Å². The van der Waals surface area contributed by atoms with Crippen molar-refractivity contribution in [3.05, 3.63) is 16.1 Å². The highest BCUT2D eigenvalue weighted by Crippen LogP contribution is 2.18. The van der Waals surface area contributed by atoms with Gasteiger partial charge in [-0.3, -0.25) is 0 Å².